The van der Waals surface area contributed by atoms with Gasteiger partial charge in [0.25, 0.3) is 0 Å². The zero-order valence-electron chi connectivity index (χ0n) is 12.8. The normalized spacial score (nSPS) is 12.6. The summed E-state index contributed by atoms with van der Waals surface area (Å²) in [5, 5.41) is 9.77. The van der Waals surface area contributed by atoms with Crippen LogP contribution in [0.4, 0.5) is 0 Å². The van der Waals surface area contributed by atoms with Crippen LogP contribution < -0.4 is 5.32 Å². The molecular formula is C15H23N5O. The SMILES string of the molecule is CC(C)[C@H](NC(=O)CCCc1cn[nH]c1)c1nccn1C. The molecule has 1 atom stereocenters. The van der Waals surface area contributed by atoms with E-state index in [1.54, 1.807) is 12.4 Å². The van der Waals surface area contributed by atoms with Crippen LogP contribution in [0, 0.1) is 5.92 Å². The Balaban J connectivity index is 1.85. The lowest BCUT2D eigenvalue weighted by atomic mass is 10.0. The Morgan fingerprint density at radius 3 is 2.86 bits per heavy atom. The number of carbonyl (C=O) groups excluding carboxylic acids is 1. The maximum atomic E-state index is 12.1. The second-order valence-electron chi connectivity index (χ2n) is 5.65. The lowest BCUT2D eigenvalue weighted by Gasteiger charge is -2.22. The molecule has 0 aliphatic rings. The van der Waals surface area contributed by atoms with Gasteiger partial charge in [-0.05, 0) is 24.3 Å². The number of aryl methyl sites for hydroxylation is 2. The summed E-state index contributed by atoms with van der Waals surface area (Å²) in [7, 11) is 1.95. The molecule has 114 valence electrons. The molecule has 0 spiro atoms. The van der Waals surface area contributed by atoms with Gasteiger partial charge in [-0.15, -0.1) is 0 Å². The van der Waals surface area contributed by atoms with Crippen molar-refractivity contribution in [3.63, 3.8) is 0 Å². The molecule has 2 aromatic rings. The van der Waals surface area contributed by atoms with Gasteiger partial charge in [-0.2, -0.15) is 5.10 Å². The van der Waals surface area contributed by atoms with E-state index in [0.717, 1.165) is 24.2 Å². The lowest BCUT2D eigenvalue weighted by molar-refractivity contribution is -0.122. The molecule has 0 saturated heterocycles. The molecule has 0 saturated carbocycles. The highest BCUT2D eigenvalue weighted by atomic mass is 16.1. The summed E-state index contributed by atoms with van der Waals surface area (Å²) in [5.74, 6) is 1.26. The molecule has 1 amide bonds. The fourth-order valence-electron chi connectivity index (χ4n) is 2.32. The Morgan fingerprint density at radius 2 is 2.29 bits per heavy atom. The number of nitrogens with one attached hydrogen (secondary N) is 2. The lowest BCUT2D eigenvalue weighted by Crippen LogP contribution is -2.33. The number of rotatable bonds is 7. The molecular weight excluding hydrogens is 266 g/mol. The van der Waals surface area contributed by atoms with Crippen molar-refractivity contribution in [3.05, 3.63) is 36.2 Å². The molecule has 2 rings (SSSR count). The summed E-state index contributed by atoms with van der Waals surface area (Å²) in [4.78, 5) is 16.5. The summed E-state index contributed by atoms with van der Waals surface area (Å²) in [6.07, 6.45) is 9.51. The minimum atomic E-state index is -0.0496. The van der Waals surface area contributed by atoms with Gasteiger partial charge in [0.05, 0.1) is 12.2 Å². The van der Waals surface area contributed by atoms with Gasteiger partial charge in [-0.1, -0.05) is 13.8 Å². The van der Waals surface area contributed by atoms with E-state index in [2.05, 4.69) is 34.3 Å². The van der Waals surface area contributed by atoms with E-state index in [4.69, 9.17) is 0 Å². The molecule has 0 unspecified atom stereocenters. The zero-order chi connectivity index (χ0) is 15.2. The first-order valence-corrected chi connectivity index (χ1v) is 7.32. The standard InChI is InChI=1S/C15H23N5O/c1-11(2)14(15-16-7-8-20(15)3)19-13(21)6-4-5-12-9-17-18-10-12/h7-11,14H,4-6H2,1-3H3,(H,17,18)(H,19,21)/t14-/m0/s1. The molecule has 6 nitrogen and oxygen atoms in total. The molecule has 0 aliphatic carbocycles. The van der Waals surface area contributed by atoms with Crippen molar-refractivity contribution in [2.24, 2.45) is 13.0 Å². The molecule has 2 N–H and O–H groups in total. The average molecular weight is 289 g/mol. The second-order valence-corrected chi connectivity index (χ2v) is 5.65. The van der Waals surface area contributed by atoms with Crippen LogP contribution in [0.25, 0.3) is 0 Å². The Morgan fingerprint density at radius 1 is 1.48 bits per heavy atom. The van der Waals surface area contributed by atoms with Gasteiger partial charge in [0.15, 0.2) is 0 Å². The first kappa shape index (κ1) is 15.3. The quantitative estimate of drug-likeness (QED) is 0.818. The number of nitrogens with zero attached hydrogens (tertiary/aromatic N) is 3. The van der Waals surface area contributed by atoms with Crippen LogP contribution in [-0.2, 0) is 18.3 Å². The summed E-state index contributed by atoms with van der Waals surface area (Å²) in [5.41, 5.74) is 1.13. The van der Waals surface area contributed by atoms with Crippen LogP contribution in [-0.4, -0.2) is 25.7 Å². The Kier molecular flexibility index (Phi) is 5.14. The minimum Gasteiger partial charge on any atom is -0.346 e. The van der Waals surface area contributed by atoms with E-state index in [1.807, 2.05) is 24.0 Å². The summed E-state index contributed by atoms with van der Waals surface area (Å²) < 4.78 is 1.95. The molecule has 6 heteroatoms. The van der Waals surface area contributed by atoms with E-state index < -0.39 is 0 Å². The van der Waals surface area contributed by atoms with E-state index >= 15 is 0 Å². The molecule has 0 fully saturated rings. The molecule has 21 heavy (non-hydrogen) atoms. The van der Waals surface area contributed by atoms with Crippen molar-refractivity contribution in [2.75, 3.05) is 0 Å². The Labute approximate surface area is 125 Å². The van der Waals surface area contributed by atoms with Gasteiger partial charge in [0, 0.05) is 32.1 Å². The van der Waals surface area contributed by atoms with E-state index in [1.165, 1.54) is 0 Å². The summed E-state index contributed by atoms with van der Waals surface area (Å²) in [6, 6.07) is -0.0496. The summed E-state index contributed by atoms with van der Waals surface area (Å²) >= 11 is 0. The highest BCUT2D eigenvalue weighted by Crippen LogP contribution is 2.19. The molecule has 0 aromatic carbocycles. The third kappa shape index (κ3) is 4.18. The number of aromatic amines is 1. The summed E-state index contributed by atoms with van der Waals surface area (Å²) in [6.45, 7) is 4.18. The van der Waals surface area contributed by atoms with Crippen LogP contribution in [0.1, 0.15) is 44.1 Å². The van der Waals surface area contributed by atoms with Crippen molar-refractivity contribution in [1.29, 1.82) is 0 Å². The smallest absolute Gasteiger partial charge is 0.220 e. The van der Waals surface area contributed by atoms with Gasteiger partial charge >= 0.3 is 0 Å². The maximum absolute atomic E-state index is 12.1. The molecule has 0 aliphatic heterocycles. The van der Waals surface area contributed by atoms with Crippen molar-refractivity contribution >= 4 is 5.91 Å². The largest absolute Gasteiger partial charge is 0.346 e. The number of carbonyl (C=O) groups is 1. The topological polar surface area (TPSA) is 75.6 Å². The number of hydrogen-bond donors (Lipinski definition) is 2. The van der Waals surface area contributed by atoms with E-state index in [9.17, 15) is 4.79 Å². The molecule has 0 radical (unpaired) electrons. The minimum absolute atomic E-state index is 0.0496. The highest BCUT2D eigenvalue weighted by Gasteiger charge is 2.21. The zero-order valence-corrected chi connectivity index (χ0v) is 12.8. The van der Waals surface area contributed by atoms with Crippen LogP contribution >= 0.6 is 0 Å². The second kappa shape index (κ2) is 7.06. The predicted molar refractivity (Wildman–Crippen MR) is 80.5 cm³/mol. The van der Waals surface area contributed by atoms with Gasteiger partial charge < -0.3 is 9.88 Å². The van der Waals surface area contributed by atoms with Crippen LogP contribution in [0.2, 0.25) is 0 Å². The number of H-pyrrole nitrogens is 1. The van der Waals surface area contributed by atoms with Crippen LogP contribution in [0.3, 0.4) is 0 Å². The van der Waals surface area contributed by atoms with Crippen LogP contribution in [0.5, 0.6) is 0 Å². The monoisotopic (exact) mass is 289 g/mol. The first-order chi connectivity index (χ1) is 10.1. The van der Waals surface area contributed by atoms with Gasteiger partial charge in [-0.3, -0.25) is 9.89 Å². The average Bonchev–Trinajstić information content (AvgIpc) is 3.07. The van der Waals surface area contributed by atoms with Gasteiger partial charge in [-0.25, -0.2) is 4.98 Å². The van der Waals surface area contributed by atoms with Crippen molar-refractivity contribution in [2.45, 2.75) is 39.2 Å². The van der Waals surface area contributed by atoms with E-state index in [0.29, 0.717) is 12.3 Å². The Bertz CT molecular complexity index is 558. The fraction of sp³-hybridized carbons (Fsp3) is 0.533. The number of amides is 1. The predicted octanol–water partition coefficient (Wildman–Crippen LogP) is 1.98. The first-order valence-electron chi connectivity index (χ1n) is 7.32. The van der Waals surface area contributed by atoms with Gasteiger partial charge in [0.1, 0.15) is 5.82 Å². The number of aromatic nitrogens is 4. The van der Waals surface area contributed by atoms with Crippen LogP contribution in [0.15, 0.2) is 24.8 Å². The molecule has 2 aromatic heterocycles. The third-order valence-corrected chi connectivity index (χ3v) is 3.54. The highest BCUT2D eigenvalue weighted by molar-refractivity contribution is 5.76. The molecule has 2 heterocycles. The number of imidazole rings is 1. The van der Waals surface area contributed by atoms with Gasteiger partial charge in [0.2, 0.25) is 5.91 Å². The maximum Gasteiger partial charge on any atom is 0.220 e. The van der Waals surface area contributed by atoms with Crippen molar-refractivity contribution in [1.82, 2.24) is 25.1 Å². The van der Waals surface area contributed by atoms with Crippen molar-refractivity contribution < 1.29 is 4.79 Å². The fourth-order valence-corrected chi connectivity index (χ4v) is 2.32. The number of hydrogen-bond acceptors (Lipinski definition) is 3. The molecule has 0 bridgehead atoms. The Hall–Kier alpha value is -2.11. The third-order valence-electron chi connectivity index (χ3n) is 3.54. The van der Waals surface area contributed by atoms with Crippen molar-refractivity contribution in [3.8, 4) is 0 Å². The van der Waals surface area contributed by atoms with E-state index in [-0.39, 0.29) is 11.9 Å².